The van der Waals surface area contributed by atoms with Crippen LogP contribution in [0.3, 0.4) is 0 Å². The molecule has 5 rings (SSSR count). The summed E-state index contributed by atoms with van der Waals surface area (Å²) in [4.78, 5) is 27.4. The lowest BCUT2D eigenvalue weighted by Gasteiger charge is -2.38. The van der Waals surface area contributed by atoms with E-state index < -0.39 is 5.92 Å². The van der Waals surface area contributed by atoms with Gasteiger partial charge in [-0.25, -0.2) is 0 Å². The number of amides is 1. The van der Waals surface area contributed by atoms with E-state index in [9.17, 15) is 14.9 Å². The van der Waals surface area contributed by atoms with E-state index in [1.807, 2.05) is 55.5 Å². The fraction of sp³-hybridized carbons (Fsp3) is 0.222. The van der Waals surface area contributed by atoms with Crippen LogP contribution in [-0.4, -0.2) is 27.6 Å². The van der Waals surface area contributed by atoms with Crippen LogP contribution in [0.1, 0.15) is 36.3 Å². The second kappa shape index (κ2) is 11.1. The number of thioether (sulfide) groups is 1. The zero-order valence-corrected chi connectivity index (χ0v) is 23.6. The van der Waals surface area contributed by atoms with Crippen LogP contribution in [0, 0.1) is 18.3 Å². The predicted octanol–water partition coefficient (Wildman–Crippen LogP) is 5.64. The highest BCUT2D eigenvalue weighted by Gasteiger charge is 2.41. The standard InChI is InChI=1S/C27H23BrN6O2S2/c1-15-5-11-18(12-6-15)31-22(36)14-37-27-33-32-26(38-27)34-20-3-2-4-21(35)24(20)23(19(13-29)25(34)30)16-7-9-17(28)10-8-16/h5-12,23H,2-4,14,30H2,1H3,(H,31,36). The maximum Gasteiger partial charge on any atom is 0.234 e. The van der Waals surface area contributed by atoms with Gasteiger partial charge in [-0.3, -0.25) is 14.5 Å². The van der Waals surface area contributed by atoms with Crippen molar-refractivity contribution < 1.29 is 9.59 Å². The van der Waals surface area contributed by atoms with Crippen LogP contribution in [-0.2, 0) is 9.59 Å². The number of aryl methyl sites for hydroxylation is 1. The van der Waals surface area contributed by atoms with Crippen LogP contribution in [0.15, 0.2) is 80.0 Å². The molecule has 0 fully saturated rings. The van der Waals surface area contributed by atoms with E-state index in [1.165, 1.54) is 23.1 Å². The Kier molecular flexibility index (Phi) is 7.65. The third kappa shape index (κ3) is 5.25. The molecule has 0 bridgehead atoms. The molecule has 8 nitrogen and oxygen atoms in total. The van der Waals surface area contributed by atoms with Crippen LogP contribution >= 0.6 is 39.0 Å². The van der Waals surface area contributed by atoms with Gasteiger partial charge in [0, 0.05) is 27.9 Å². The second-order valence-corrected chi connectivity index (χ2v) is 12.0. The Hall–Kier alpha value is -3.46. The molecule has 0 spiro atoms. The number of nitriles is 1. The van der Waals surface area contributed by atoms with Gasteiger partial charge in [-0.15, -0.1) is 10.2 Å². The number of nitrogens with one attached hydrogen (secondary N) is 1. The summed E-state index contributed by atoms with van der Waals surface area (Å²) in [5.74, 6) is -0.260. The Bertz CT molecular complexity index is 1510. The fourth-order valence-corrected chi connectivity index (χ4v) is 6.55. The molecule has 3 N–H and O–H groups in total. The normalized spacial score (nSPS) is 17.3. The summed E-state index contributed by atoms with van der Waals surface area (Å²) in [6.45, 7) is 1.99. The van der Waals surface area contributed by atoms with Crippen molar-refractivity contribution in [3.63, 3.8) is 0 Å². The number of rotatable bonds is 6. The highest BCUT2D eigenvalue weighted by atomic mass is 79.9. The minimum absolute atomic E-state index is 0.0105. The molecule has 1 aliphatic carbocycles. The number of benzene rings is 2. The quantitative estimate of drug-likeness (QED) is 0.345. The van der Waals surface area contributed by atoms with Crippen LogP contribution in [0.5, 0.6) is 0 Å². The maximum absolute atomic E-state index is 13.2. The molecule has 2 heterocycles. The molecule has 1 amide bonds. The molecule has 11 heteroatoms. The minimum atomic E-state index is -0.528. The monoisotopic (exact) mass is 606 g/mol. The molecule has 0 saturated heterocycles. The largest absolute Gasteiger partial charge is 0.384 e. The molecule has 1 atom stereocenters. The van der Waals surface area contributed by atoms with E-state index in [0.29, 0.717) is 39.9 Å². The Balaban J connectivity index is 1.41. The first-order valence-electron chi connectivity index (χ1n) is 11.9. The number of halogens is 1. The summed E-state index contributed by atoms with van der Waals surface area (Å²) in [6, 6.07) is 17.4. The van der Waals surface area contributed by atoms with Gasteiger partial charge in [0.05, 0.1) is 23.3 Å². The molecule has 0 saturated carbocycles. The SMILES string of the molecule is Cc1ccc(NC(=O)CSc2nnc(N3C(N)=C(C#N)C(c4ccc(Br)cc4)C4=C3CCCC4=O)s2)cc1. The van der Waals surface area contributed by atoms with Gasteiger partial charge >= 0.3 is 0 Å². The smallest absolute Gasteiger partial charge is 0.234 e. The predicted molar refractivity (Wildman–Crippen MR) is 153 cm³/mol. The summed E-state index contributed by atoms with van der Waals surface area (Å²) in [6.07, 6.45) is 1.75. The van der Waals surface area contributed by atoms with Crippen molar-refractivity contribution in [3.8, 4) is 6.07 Å². The van der Waals surface area contributed by atoms with E-state index in [1.54, 1.807) is 4.90 Å². The first-order chi connectivity index (χ1) is 18.4. The number of allylic oxidation sites excluding steroid dienone is 3. The molecule has 2 aliphatic rings. The average molecular weight is 608 g/mol. The van der Waals surface area contributed by atoms with Gasteiger partial charge in [-0.05, 0) is 49.6 Å². The molecule has 1 aliphatic heterocycles. The van der Waals surface area contributed by atoms with Gasteiger partial charge in [0.25, 0.3) is 0 Å². The van der Waals surface area contributed by atoms with E-state index in [2.05, 4.69) is 37.5 Å². The zero-order chi connectivity index (χ0) is 26.8. The van der Waals surface area contributed by atoms with Crippen LogP contribution < -0.4 is 16.0 Å². The molecule has 3 aromatic rings. The van der Waals surface area contributed by atoms with Gasteiger partial charge in [0.1, 0.15) is 5.82 Å². The molecule has 192 valence electrons. The highest BCUT2D eigenvalue weighted by Crippen LogP contribution is 2.47. The van der Waals surface area contributed by atoms with Gasteiger partial charge in [0.2, 0.25) is 11.0 Å². The molecule has 1 unspecified atom stereocenters. The molecule has 1 aromatic heterocycles. The number of hydrogen-bond donors (Lipinski definition) is 2. The Morgan fingerprint density at radius 1 is 1.21 bits per heavy atom. The van der Waals surface area contributed by atoms with Gasteiger partial charge in [0.15, 0.2) is 10.1 Å². The number of carbonyl (C=O) groups excluding carboxylic acids is 2. The molecule has 2 aromatic carbocycles. The van der Waals surface area contributed by atoms with Crippen molar-refractivity contribution in [1.29, 1.82) is 5.26 Å². The van der Waals surface area contributed by atoms with Crippen molar-refractivity contribution >= 4 is 61.5 Å². The van der Waals surface area contributed by atoms with E-state index in [0.717, 1.165) is 27.0 Å². The maximum atomic E-state index is 13.2. The first kappa shape index (κ1) is 26.2. The van der Waals surface area contributed by atoms with Crippen molar-refractivity contribution in [2.24, 2.45) is 5.73 Å². The number of carbonyl (C=O) groups is 2. The lowest BCUT2D eigenvalue weighted by molar-refractivity contribution is -0.116. The molecular weight excluding hydrogens is 584 g/mol. The van der Waals surface area contributed by atoms with Gasteiger partial charge < -0.3 is 11.1 Å². The Labute approximate surface area is 236 Å². The topological polar surface area (TPSA) is 125 Å². The van der Waals surface area contributed by atoms with E-state index in [4.69, 9.17) is 5.73 Å². The van der Waals surface area contributed by atoms with Crippen molar-refractivity contribution in [2.45, 2.75) is 36.4 Å². The van der Waals surface area contributed by atoms with Crippen molar-refractivity contribution in [3.05, 3.63) is 86.8 Å². The number of nitrogens with two attached hydrogens (primary N) is 1. The number of ketones is 1. The number of nitrogens with zero attached hydrogens (tertiary/aromatic N) is 4. The molecular formula is C27H23BrN6O2S2. The summed E-state index contributed by atoms with van der Waals surface area (Å²) in [5, 5.41) is 22.0. The minimum Gasteiger partial charge on any atom is -0.384 e. The van der Waals surface area contributed by atoms with Crippen molar-refractivity contribution in [2.75, 3.05) is 16.0 Å². The average Bonchev–Trinajstić information content (AvgIpc) is 3.37. The summed E-state index contributed by atoms with van der Waals surface area (Å²) < 4.78 is 1.49. The fourth-order valence-electron chi connectivity index (χ4n) is 4.61. The summed E-state index contributed by atoms with van der Waals surface area (Å²) in [7, 11) is 0. The first-order valence-corrected chi connectivity index (χ1v) is 14.5. The van der Waals surface area contributed by atoms with Crippen LogP contribution in [0.2, 0.25) is 0 Å². The lowest BCUT2D eigenvalue weighted by Crippen LogP contribution is -2.38. The Morgan fingerprint density at radius 2 is 1.95 bits per heavy atom. The van der Waals surface area contributed by atoms with Crippen molar-refractivity contribution in [1.82, 2.24) is 10.2 Å². The van der Waals surface area contributed by atoms with E-state index in [-0.39, 0.29) is 23.3 Å². The van der Waals surface area contributed by atoms with Gasteiger partial charge in [-0.2, -0.15) is 5.26 Å². The lowest BCUT2D eigenvalue weighted by atomic mass is 9.76. The zero-order valence-electron chi connectivity index (χ0n) is 20.4. The second-order valence-electron chi connectivity index (χ2n) is 8.92. The highest BCUT2D eigenvalue weighted by molar-refractivity contribution is 9.10. The molecule has 38 heavy (non-hydrogen) atoms. The third-order valence-electron chi connectivity index (χ3n) is 6.37. The third-order valence-corrected chi connectivity index (χ3v) is 8.94. The summed E-state index contributed by atoms with van der Waals surface area (Å²) in [5.41, 5.74) is 10.9. The number of hydrogen-bond acceptors (Lipinski definition) is 9. The van der Waals surface area contributed by atoms with E-state index >= 15 is 0 Å². The number of aromatic nitrogens is 2. The molecule has 0 radical (unpaired) electrons. The number of anilines is 2. The van der Waals surface area contributed by atoms with Crippen LogP contribution in [0.25, 0.3) is 0 Å². The number of Topliss-reactive ketones (excluding diaryl/α,β-unsaturated/α-hetero) is 1. The Morgan fingerprint density at radius 3 is 2.66 bits per heavy atom. The van der Waals surface area contributed by atoms with Gasteiger partial charge in [-0.1, -0.05) is 68.9 Å². The van der Waals surface area contributed by atoms with Crippen LogP contribution in [0.4, 0.5) is 10.8 Å². The summed E-state index contributed by atoms with van der Waals surface area (Å²) >= 11 is 5.99.